The van der Waals surface area contributed by atoms with Crippen molar-refractivity contribution in [2.75, 3.05) is 5.32 Å². The van der Waals surface area contributed by atoms with Crippen molar-refractivity contribution in [2.24, 2.45) is 0 Å². The molecule has 0 aliphatic rings. The monoisotopic (exact) mass is 400 g/mol. The summed E-state index contributed by atoms with van der Waals surface area (Å²) >= 11 is 3.24. The summed E-state index contributed by atoms with van der Waals surface area (Å²) in [5.74, 6) is -0.854. The molecule has 0 atom stereocenters. The Hall–Kier alpha value is -2.62. The highest BCUT2D eigenvalue weighted by Crippen LogP contribution is 2.24. The Morgan fingerprint density at radius 2 is 1.92 bits per heavy atom. The number of halogens is 4. The maximum Gasteiger partial charge on any atom is 0.573 e. The third-order valence-electron chi connectivity index (χ3n) is 2.92. The molecule has 124 valence electrons. The number of anilines is 1. The summed E-state index contributed by atoms with van der Waals surface area (Å²) in [6.07, 6.45) is -0.244. The first kappa shape index (κ1) is 16.2. The maximum absolute atomic E-state index is 12.3. The minimum atomic E-state index is -4.76. The van der Waals surface area contributed by atoms with Crippen LogP contribution in [0.25, 0.3) is 5.65 Å². The van der Waals surface area contributed by atoms with Crippen molar-refractivity contribution in [1.29, 1.82) is 0 Å². The second kappa shape index (κ2) is 6.11. The van der Waals surface area contributed by atoms with Crippen molar-refractivity contribution in [1.82, 2.24) is 14.6 Å². The molecular formula is C14H8BrF3N4O2. The van der Waals surface area contributed by atoms with E-state index in [1.54, 1.807) is 6.20 Å². The number of nitrogens with zero attached hydrogens (tertiary/aromatic N) is 3. The zero-order valence-corrected chi connectivity index (χ0v) is 13.3. The molecule has 0 saturated heterocycles. The van der Waals surface area contributed by atoms with E-state index in [-0.39, 0.29) is 11.3 Å². The van der Waals surface area contributed by atoms with Crippen molar-refractivity contribution < 1.29 is 22.7 Å². The second-order valence-electron chi connectivity index (χ2n) is 4.62. The molecule has 2 heterocycles. The molecule has 0 unspecified atom stereocenters. The summed E-state index contributed by atoms with van der Waals surface area (Å²) in [6.45, 7) is 0. The Labute approximate surface area is 141 Å². The molecule has 0 spiro atoms. The van der Waals surface area contributed by atoms with Crippen LogP contribution in [0.4, 0.5) is 18.9 Å². The summed E-state index contributed by atoms with van der Waals surface area (Å²) in [5.41, 5.74) is 0.900. The number of rotatable bonds is 3. The summed E-state index contributed by atoms with van der Waals surface area (Å²) < 4.78 is 42.2. The molecule has 1 amide bonds. The van der Waals surface area contributed by atoms with Crippen molar-refractivity contribution in [3.05, 3.63) is 52.9 Å². The summed E-state index contributed by atoms with van der Waals surface area (Å²) in [4.78, 5) is 16.4. The molecule has 3 rings (SSSR count). The number of ether oxygens (including phenoxy) is 1. The number of benzene rings is 1. The van der Waals surface area contributed by atoms with Gasteiger partial charge in [0, 0.05) is 18.1 Å². The fourth-order valence-corrected chi connectivity index (χ4v) is 2.25. The predicted octanol–water partition coefficient (Wildman–Crippen LogP) is 3.64. The number of nitrogens with one attached hydrogen (secondary N) is 1. The lowest BCUT2D eigenvalue weighted by atomic mass is 10.2. The molecule has 1 aromatic carbocycles. The van der Waals surface area contributed by atoms with Gasteiger partial charge in [-0.3, -0.25) is 4.79 Å². The molecule has 10 heteroatoms. The third-order valence-corrected chi connectivity index (χ3v) is 3.32. The van der Waals surface area contributed by atoms with Gasteiger partial charge in [-0.2, -0.15) is 5.10 Å². The summed E-state index contributed by atoms with van der Waals surface area (Å²) in [5, 5.41) is 6.58. The van der Waals surface area contributed by atoms with Crippen LogP contribution < -0.4 is 10.1 Å². The number of alkyl halides is 3. The van der Waals surface area contributed by atoms with Crippen molar-refractivity contribution in [3.8, 4) is 5.75 Å². The minimum Gasteiger partial charge on any atom is -0.406 e. The lowest BCUT2D eigenvalue weighted by molar-refractivity contribution is -0.274. The Morgan fingerprint density at radius 3 is 2.58 bits per heavy atom. The zero-order chi connectivity index (χ0) is 17.3. The van der Waals surface area contributed by atoms with E-state index in [4.69, 9.17) is 0 Å². The van der Waals surface area contributed by atoms with Gasteiger partial charge < -0.3 is 10.1 Å². The van der Waals surface area contributed by atoms with Crippen LogP contribution in [0, 0.1) is 0 Å². The molecule has 0 radical (unpaired) electrons. The Bertz CT molecular complexity index is 893. The van der Waals surface area contributed by atoms with Gasteiger partial charge in [-0.05, 0) is 40.2 Å². The van der Waals surface area contributed by atoms with E-state index in [1.165, 1.54) is 29.0 Å². The van der Waals surface area contributed by atoms with Crippen molar-refractivity contribution >= 4 is 33.2 Å². The fraction of sp³-hybridized carbons (Fsp3) is 0.0714. The van der Waals surface area contributed by atoms with Crippen LogP contribution >= 0.6 is 15.9 Å². The van der Waals surface area contributed by atoms with E-state index in [2.05, 4.69) is 36.1 Å². The number of aromatic nitrogens is 3. The molecular weight excluding hydrogens is 393 g/mol. The number of carbonyl (C=O) groups is 1. The van der Waals surface area contributed by atoms with Gasteiger partial charge >= 0.3 is 6.36 Å². The molecule has 2 aromatic heterocycles. The topological polar surface area (TPSA) is 68.5 Å². The lowest BCUT2D eigenvalue weighted by Crippen LogP contribution is -2.17. The summed E-state index contributed by atoms with van der Waals surface area (Å²) in [7, 11) is 0. The molecule has 0 aliphatic heterocycles. The SMILES string of the molecule is O=C(Nc1ccc(OC(F)(F)F)cc1)c1cnn2cc(Br)cnc12. The van der Waals surface area contributed by atoms with Gasteiger partial charge in [0.1, 0.15) is 11.3 Å². The standard InChI is InChI=1S/C14H8BrF3N4O2/c15-8-5-19-12-11(6-20-22(12)7-8)13(23)21-9-1-3-10(4-2-9)24-14(16,17)18/h1-7H,(H,21,23). The van der Waals surface area contributed by atoms with Crippen LogP contribution in [0.5, 0.6) is 5.75 Å². The first-order chi connectivity index (χ1) is 11.3. The molecule has 0 bridgehead atoms. The molecule has 24 heavy (non-hydrogen) atoms. The Kier molecular flexibility index (Phi) is 4.14. The molecule has 0 aliphatic carbocycles. The van der Waals surface area contributed by atoms with Crippen LogP contribution in [0.15, 0.2) is 47.3 Å². The third kappa shape index (κ3) is 3.65. The van der Waals surface area contributed by atoms with Gasteiger partial charge in [0.25, 0.3) is 5.91 Å². The number of hydrogen-bond acceptors (Lipinski definition) is 4. The van der Waals surface area contributed by atoms with E-state index in [9.17, 15) is 18.0 Å². The molecule has 1 N–H and O–H groups in total. The predicted molar refractivity (Wildman–Crippen MR) is 81.8 cm³/mol. The van der Waals surface area contributed by atoms with Crippen LogP contribution in [-0.2, 0) is 0 Å². The first-order valence-electron chi connectivity index (χ1n) is 6.48. The highest BCUT2D eigenvalue weighted by molar-refractivity contribution is 9.10. The van der Waals surface area contributed by atoms with Gasteiger partial charge in [-0.15, -0.1) is 13.2 Å². The number of fused-ring (bicyclic) bond motifs is 1. The molecule has 3 aromatic rings. The zero-order valence-electron chi connectivity index (χ0n) is 11.7. The number of carbonyl (C=O) groups excluding carboxylic acids is 1. The van der Waals surface area contributed by atoms with E-state index in [0.29, 0.717) is 15.8 Å². The normalized spacial score (nSPS) is 11.5. The van der Waals surface area contributed by atoms with Crippen LogP contribution in [-0.4, -0.2) is 26.9 Å². The Balaban J connectivity index is 1.76. The minimum absolute atomic E-state index is 0.234. The van der Waals surface area contributed by atoms with Gasteiger partial charge in [-0.25, -0.2) is 9.50 Å². The lowest BCUT2D eigenvalue weighted by Gasteiger charge is -2.09. The van der Waals surface area contributed by atoms with Crippen LogP contribution in [0.3, 0.4) is 0 Å². The van der Waals surface area contributed by atoms with E-state index >= 15 is 0 Å². The average Bonchev–Trinajstić information content (AvgIpc) is 2.90. The Morgan fingerprint density at radius 1 is 1.21 bits per heavy atom. The van der Waals surface area contributed by atoms with E-state index in [1.807, 2.05) is 0 Å². The number of hydrogen-bond donors (Lipinski definition) is 1. The van der Waals surface area contributed by atoms with Crippen molar-refractivity contribution in [2.45, 2.75) is 6.36 Å². The van der Waals surface area contributed by atoms with E-state index in [0.717, 1.165) is 12.1 Å². The highest BCUT2D eigenvalue weighted by Gasteiger charge is 2.31. The first-order valence-corrected chi connectivity index (χ1v) is 7.27. The molecule has 0 fully saturated rings. The van der Waals surface area contributed by atoms with Gasteiger partial charge in [0.15, 0.2) is 5.65 Å². The average molecular weight is 401 g/mol. The van der Waals surface area contributed by atoms with Gasteiger partial charge in [-0.1, -0.05) is 0 Å². The quantitative estimate of drug-likeness (QED) is 0.728. The second-order valence-corrected chi connectivity index (χ2v) is 5.54. The van der Waals surface area contributed by atoms with Crippen molar-refractivity contribution in [3.63, 3.8) is 0 Å². The highest BCUT2D eigenvalue weighted by atomic mass is 79.9. The number of amides is 1. The molecule has 6 nitrogen and oxygen atoms in total. The van der Waals surface area contributed by atoms with Crippen LogP contribution in [0.1, 0.15) is 10.4 Å². The van der Waals surface area contributed by atoms with E-state index < -0.39 is 12.3 Å². The molecule has 0 saturated carbocycles. The van der Waals surface area contributed by atoms with Gasteiger partial charge in [0.05, 0.1) is 10.7 Å². The maximum atomic E-state index is 12.3. The van der Waals surface area contributed by atoms with Crippen LogP contribution in [0.2, 0.25) is 0 Å². The van der Waals surface area contributed by atoms with Gasteiger partial charge in [0.2, 0.25) is 0 Å². The summed E-state index contributed by atoms with van der Waals surface area (Å²) in [6, 6.07) is 4.81. The fourth-order valence-electron chi connectivity index (χ4n) is 1.95. The smallest absolute Gasteiger partial charge is 0.406 e. The largest absolute Gasteiger partial charge is 0.573 e.